The summed E-state index contributed by atoms with van der Waals surface area (Å²) >= 11 is 0. The molecular formula is C16H16N5O2+. The number of aromatic nitrogens is 2. The molecule has 0 unspecified atom stereocenters. The van der Waals surface area contributed by atoms with Crippen LogP contribution in [0.2, 0.25) is 0 Å². The van der Waals surface area contributed by atoms with Crippen LogP contribution in [0.5, 0.6) is 11.5 Å². The van der Waals surface area contributed by atoms with Crippen molar-refractivity contribution < 1.29 is 14.4 Å². The predicted molar refractivity (Wildman–Crippen MR) is 86.5 cm³/mol. The highest BCUT2D eigenvalue weighted by Crippen LogP contribution is 2.35. The number of hydrogen-bond donors (Lipinski definition) is 4. The number of aromatic hydroxyl groups is 1. The minimum atomic E-state index is -0.488. The van der Waals surface area contributed by atoms with Gasteiger partial charge in [0.2, 0.25) is 6.17 Å². The zero-order valence-electron chi connectivity index (χ0n) is 12.4. The number of phenols is 1. The summed E-state index contributed by atoms with van der Waals surface area (Å²) in [5.41, 5.74) is 8.44. The van der Waals surface area contributed by atoms with Gasteiger partial charge in [-0.1, -0.05) is 18.2 Å². The third-order valence-corrected chi connectivity index (χ3v) is 3.94. The number of H-pyrrole nitrogens is 1. The van der Waals surface area contributed by atoms with Gasteiger partial charge in [0.1, 0.15) is 11.0 Å². The van der Waals surface area contributed by atoms with Gasteiger partial charge < -0.3 is 15.6 Å². The number of benzene rings is 2. The largest absolute Gasteiger partial charge is 0.504 e. The molecule has 0 spiro atoms. The molecule has 1 aromatic heterocycles. The quantitative estimate of drug-likeness (QED) is 0.538. The second-order valence-corrected chi connectivity index (χ2v) is 5.27. The number of aliphatic imine (C=N–C) groups is 1. The van der Waals surface area contributed by atoms with Gasteiger partial charge in [0.05, 0.1) is 12.7 Å². The van der Waals surface area contributed by atoms with Gasteiger partial charge in [-0.3, -0.25) is 0 Å². The third kappa shape index (κ3) is 1.97. The number of aromatic amines is 1. The van der Waals surface area contributed by atoms with Gasteiger partial charge in [-0.05, 0) is 24.3 Å². The highest BCUT2D eigenvalue weighted by atomic mass is 16.5. The van der Waals surface area contributed by atoms with Gasteiger partial charge in [-0.15, -0.1) is 0 Å². The normalized spacial score (nSPS) is 16.6. The van der Waals surface area contributed by atoms with E-state index in [1.165, 1.54) is 7.11 Å². The Labute approximate surface area is 132 Å². The van der Waals surface area contributed by atoms with Crippen LogP contribution in [0.3, 0.4) is 0 Å². The molecule has 0 saturated carbocycles. The Morgan fingerprint density at radius 3 is 2.87 bits per heavy atom. The predicted octanol–water partition coefficient (Wildman–Crippen LogP) is 1.46. The summed E-state index contributed by atoms with van der Waals surface area (Å²) in [6.07, 6.45) is -0.488. The summed E-state index contributed by atoms with van der Waals surface area (Å²) in [5.74, 6) is 1.45. The molecule has 7 nitrogen and oxygen atoms in total. The first-order valence-electron chi connectivity index (χ1n) is 7.17. The molecule has 1 aliphatic heterocycles. The van der Waals surface area contributed by atoms with E-state index < -0.39 is 6.17 Å². The first-order chi connectivity index (χ1) is 11.2. The average molecular weight is 310 g/mol. The number of ether oxygens (including phenoxy) is 1. The molecule has 1 aliphatic rings. The SMILES string of the molecule is COc1cccc([C@H]2N=C(N)Nc3[nH]c4ccccc4[n+]32)c1O. The number of phenolic OH excluding ortho intramolecular Hbond substituents is 1. The minimum absolute atomic E-state index is 0.0576. The van der Waals surface area contributed by atoms with Gasteiger partial charge in [-0.25, -0.2) is 14.9 Å². The summed E-state index contributed by atoms with van der Waals surface area (Å²) in [7, 11) is 1.52. The van der Waals surface area contributed by atoms with Crippen molar-refractivity contribution in [1.82, 2.24) is 4.98 Å². The zero-order valence-corrected chi connectivity index (χ0v) is 12.4. The summed E-state index contributed by atoms with van der Waals surface area (Å²) in [6, 6.07) is 13.2. The molecule has 116 valence electrons. The van der Waals surface area contributed by atoms with E-state index >= 15 is 0 Å². The number of guanidine groups is 1. The van der Waals surface area contributed by atoms with Gasteiger partial charge in [-0.2, -0.15) is 4.99 Å². The molecule has 0 amide bonds. The molecule has 0 bridgehead atoms. The lowest BCUT2D eigenvalue weighted by molar-refractivity contribution is -0.674. The van der Waals surface area contributed by atoms with E-state index in [0.717, 1.165) is 11.0 Å². The van der Waals surface area contributed by atoms with Crippen molar-refractivity contribution in [1.29, 1.82) is 0 Å². The van der Waals surface area contributed by atoms with Crippen molar-refractivity contribution in [3.63, 3.8) is 0 Å². The molecule has 23 heavy (non-hydrogen) atoms. The van der Waals surface area contributed by atoms with E-state index in [2.05, 4.69) is 15.3 Å². The van der Waals surface area contributed by atoms with Crippen molar-refractivity contribution in [2.24, 2.45) is 10.7 Å². The molecule has 5 N–H and O–H groups in total. The molecule has 3 aromatic rings. The summed E-state index contributed by atoms with van der Waals surface area (Å²) in [6.45, 7) is 0. The van der Waals surface area contributed by atoms with Crippen LogP contribution >= 0.6 is 0 Å². The first kappa shape index (κ1) is 13.4. The van der Waals surface area contributed by atoms with E-state index in [9.17, 15) is 5.11 Å². The van der Waals surface area contributed by atoms with Crippen LogP contribution in [0.15, 0.2) is 47.5 Å². The third-order valence-electron chi connectivity index (χ3n) is 3.94. The fraction of sp³-hybridized carbons (Fsp3) is 0.125. The Bertz CT molecular complexity index is 931. The molecule has 7 heteroatoms. The van der Waals surface area contributed by atoms with E-state index in [1.54, 1.807) is 6.07 Å². The average Bonchev–Trinajstić information content (AvgIpc) is 2.92. The van der Waals surface area contributed by atoms with E-state index in [4.69, 9.17) is 10.5 Å². The zero-order chi connectivity index (χ0) is 16.0. The molecule has 0 fully saturated rings. The smallest absolute Gasteiger partial charge is 0.365 e. The van der Waals surface area contributed by atoms with E-state index in [0.29, 0.717) is 17.3 Å². The van der Waals surface area contributed by atoms with Crippen molar-refractivity contribution >= 4 is 22.9 Å². The van der Waals surface area contributed by atoms with Gasteiger partial charge in [0, 0.05) is 0 Å². The van der Waals surface area contributed by atoms with Gasteiger partial charge in [0.25, 0.3) is 5.96 Å². The second-order valence-electron chi connectivity index (χ2n) is 5.27. The summed E-state index contributed by atoms with van der Waals surface area (Å²) in [4.78, 5) is 7.74. The molecule has 0 saturated heterocycles. The fourth-order valence-electron chi connectivity index (χ4n) is 2.91. The molecule has 2 heterocycles. The van der Waals surface area contributed by atoms with Crippen LogP contribution in [0.4, 0.5) is 5.95 Å². The van der Waals surface area contributed by atoms with E-state index in [-0.39, 0.29) is 11.7 Å². The summed E-state index contributed by atoms with van der Waals surface area (Å²) in [5, 5.41) is 13.5. The number of methoxy groups -OCH3 is 1. The standard InChI is InChI=1S/C16H15N5O2/c1-23-12-8-4-5-9(13(12)22)14-19-15(17)20-16-18-10-6-2-3-7-11(10)21(14)16/h2-8,14H,1H3,(H4,17,18,19,20,22)/p+1/t14-/m0/s1. The Balaban J connectivity index is 1.98. The highest BCUT2D eigenvalue weighted by molar-refractivity contribution is 5.92. The van der Waals surface area contributed by atoms with Crippen LogP contribution in [0, 0.1) is 0 Å². The lowest BCUT2D eigenvalue weighted by atomic mass is 10.1. The number of imidazole rings is 1. The van der Waals surface area contributed by atoms with Crippen molar-refractivity contribution in [2.75, 3.05) is 12.4 Å². The maximum atomic E-state index is 10.5. The van der Waals surface area contributed by atoms with Crippen molar-refractivity contribution in [3.05, 3.63) is 48.0 Å². The number of rotatable bonds is 2. The Morgan fingerprint density at radius 2 is 2.04 bits per heavy atom. The van der Waals surface area contributed by atoms with Gasteiger partial charge >= 0.3 is 5.95 Å². The second kappa shape index (κ2) is 4.91. The number of nitrogens with two attached hydrogens (primary N) is 1. The monoisotopic (exact) mass is 310 g/mol. The summed E-state index contributed by atoms with van der Waals surface area (Å²) < 4.78 is 7.16. The molecule has 0 radical (unpaired) electrons. The number of nitrogens with zero attached hydrogens (tertiary/aromatic N) is 2. The highest BCUT2D eigenvalue weighted by Gasteiger charge is 2.33. The molecular weight excluding hydrogens is 294 g/mol. The maximum absolute atomic E-state index is 10.5. The molecule has 2 aromatic carbocycles. The number of hydrogen-bond acceptors (Lipinski definition) is 5. The lowest BCUT2D eigenvalue weighted by Gasteiger charge is -2.19. The van der Waals surface area contributed by atoms with Crippen LogP contribution in [-0.4, -0.2) is 23.2 Å². The Morgan fingerprint density at radius 1 is 1.22 bits per heavy atom. The Hall–Kier alpha value is -3.22. The van der Waals surface area contributed by atoms with Crippen LogP contribution in [-0.2, 0) is 0 Å². The first-order valence-corrected chi connectivity index (χ1v) is 7.17. The van der Waals surface area contributed by atoms with Gasteiger partial charge in [0.15, 0.2) is 11.5 Å². The van der Waals surface area contributed by atoms with Crippen molar-refractivity contribution in [2.45, 2.75) is 6.17 Å². The number of fused-ring (bicyclic) bond motifs is 3. The number of nitrogens with one attached hydrogen (secondary N) is 2. The molecule has 4 rings (SSSR count). The maximum Gasteiger partial charge on any atom is 0.365 e. The minimum Gasteiger partial charge on any atom is -0.504 e. The van der Waals surface area contributed by atoms with Crippen molar-refractivity contribution in [3.8, 4) is 11.5 Å². The van der Waals surface area contributed by atoms with Crippen LogP contribution < -0.4 is 20.4 Å². The molecule has 1 atom stereocenters. The number of anilines is 1. The van der Waals surface area contributed by atoms with E-state index in [1.807, 2.05) is 41.0 Å². The topological polar surface area (TPSA) is 99.5 Å². The van der Waals surface area contributed by atoms with Crippen LogP contribution in [0.25, 0.3) is 11.0 Å². The molecule has 0 aliphatic carbocycles. The van der Waals surface area contributed by atoms with Crippen LogP contribution in [0.1, 0.15) is 11.7 Å². The fourth-order valence-corrected chi connectivity index (χ4v) is 2.91. The lowest BCUT2D eigenvalue weighted by Crippen LogP contribution is -2.48. The number of para-hydroxylation sites is 3. The Kier molecular flexibility index (Phi) is 2.87.